The summed E-state index contributed by atoms with van der Waals surface area (Å²) in [5, 5.41) is 3.03. The van der Waals surface area contributed by atoms with Crippen molar-refractivity contribution in [3.05, 3.63) is 63.2 Å². The van der Waals surface area contributed by atoms with Crippen LogP contribution in [0.4, 0.5) is 5.69 Å². The van der Waals surface area contributed by atoms with E-state index in [0.717, 1.165) is 15.7 Å². The molecule has 2 aromatic rings. The summed E-state index contributed by atoms with van der Waals surface area (Å²) in [6.45, 7) is 4.33. The predicted molar refractivity (Wildman–Crippen MR) is 92.3 cm³/mol. The molecule has 0 saturated carbocycles. The molecule has 0 heterocycles. The fraction of sp³-hybridized carbons (Fsp3) is 0.235. The van der Waals surface area contributed by atoms with Crippen LogP contribution in [0.1, 0.15) is 42.1 Å². The third kappa shape index (κ3) is 3.60. The fourth-order valence-electron chi connectivity index (χ4n) is 2.08. The van der Waals surface area contributed by atoms with E-state index in [1.165, 1.54) is 5.56 Å². The van der Waals surface area contributed by atoms with Crippen LogP contribution in [-0.2, 0) is 0 Å². The van der Waals surface area contributed by atoms with Crippen molar-refractivity contribution in [2.75, 3.05) is 5.32 Å². The summed E-state index contributed by atoms with van der Waals surface area (Å²) < 4.78 is 1.06. The Kier molecular flexibility index (Phi) is 5.17. The van der Waals surface area contributed by atoms with Crippen LogP contribution in [0.25, 0.3) is 0 Å². The number of hydrogen-bond acceptors (Lipinski definition) is 1. The van der Waals surface area contributed by atoms with Gasteiger partial charge in [0.2, 0.25) is 0 Å². The van der Waals surface area contributed by atoms with E-state index in [1.54, 1.807) is 0 Å². The molecule has 0 aromatic heterocycles. The molecule has 104 valence electrons. The highest BCUT2D eigenvalue weighted by Crippen LogP contribution is 2.26. The molecule has 0 radical (unpaired) electrons. The molecule has 0 aliphatic rings. The molecule has 2 aromatic carbocycles. The van der Waals surface area contributed by atoms with Crippen molar-refractivity contribution in [2.45, 2.75) is 26.2 Å². The van der Waals surface area contributed by atoms with Gasteiger partial charge in [-0.05, 0) is 64.8 Å². The number of para-hydroxylation sites is 1. The number of hydrogen-bond donors (Lipinski definition) is 1. The molecule has 2 nitrogen and oxygen atoms in total. The van der Waals surface area contributed by atoms with Crippen molar-refractivity contribution in [3.8, 4) is 0 Å². The number of benzene rings is 2. The van der Waals surface area contributed by atoms with Crippen LogP contribution in [-0.4, -0.2) is 5.91 Å². The Morgan fingerprint density at radius 3 is 2.65 bits per heavy atom. The van der Waals surface area contributed by atoms with E-state index in [-0.39, 0.29) is 5.91 Å². The molecule has 3 heteroatoms. The predicted octanol–water partition coefficient (Wildman–Crippen LogP) is 5.06. The maximum absolute atomic E-state index is 12.3. The number of anilines is 1. The monoisotopic (exact) mass is 379 g/mol. The van der Waals surface area contributed by atoms with Gasteiger partial charge in [0, 0.05) is 14.8 Å². The van der Waals surface area contributed by atoms with Gasteiger partial charge in [-0.15, -0.1) is 0 Å². The molecule has 1 N–H and O–H groups in total. The third-order valence-corrected chi connectivity index (χ3v) is 4.11. The van der Waals surface area contributed by atoms with E-state index in [0.29, 0.717) is 11.5 Å². The van der Waals surface area contributed by atoms with Crippen molar-refractivity contribution >= 4 is 34.2 Å². The molecule has 2 rings (SSSR count). The van der Waals surface area contributed by atoms with Crippen molar-refractivity contribution in [2.24, 2.45) is 0 Å². The second-order valence-electron chi connectivity index (χ2n) is 4.86. The van der Waals surface area contributed by atoms with Crippen molar-refractivity contribution < 1.29 is 4.79 Å². The molecule has 1 amide bonds. The first kappa shape index (κ1) is 15.0. The lowest BCUT2D eigenvalue weighted by molar-refractivity contribution is 0.102. The van der Waals surface area contributed by atoms with Gasteiger partial charge >= 0.3 is 0 Å². The van der Waals surface area contributed by atoms with Crippen molar-refractivity contribution in [1.82, 2.24) is 0 Å². The van der Waals surface area contributed by atoms with E-state index in [9.17, 15) is 4.79 Å². The minimum Gasteiger partial charge on any atom is -0.322 e. The first-order valence-electron chi connectivity index (χ1n) is 6.77. The van der Waals surface area contributed by atoms with Crippen LogP contribution in [0.3, 0.4) is 0 Å². The number of halogens is 1. The lowest BCUT2D eigenvalue weighted by Gasteiger charge is -2.15. The average molecular weight is 379 g/mol. The minimum absolute atomic E-state index is 0.0562. The van der Waals surface area contributed by atoms with Gasteiger partial charge in [-0.25, -0.2) is 0 Å². The minimum atomic E-state index is -0.0562. The number of rotatable bonds is 4. The van der Waals surface area contributed by atoms with Gasteiger partial charge in [0.15, 0.2) is 0 Å². The van der Waals surface area contributed by atoms with Gasteiger partial charge in [0.1, 0.15) is 0 Å². The highest BCUT2D eigenvalue weighted by molar-refractivity contribution is 14.1. The fourth-order valence-corrected chi connectivity index (χ4v) is 2.63. The zero-order chi connectivity index (χ0) is 14.5. The van der Waals surface area contributed by atoms with E-state index < -0.39 is 0 Å². The molecular weight excluding hydrogens is 361 g/mol. The van der Waals surface area contributed by atoms with Gasteiger partial charge in [0.05, 0.1) is 0 Å². The van der Waals surface area contributed by atoms with Crippen LogP contribution in [0, 0.1) is 3.57 Å². The molecular formula is C17H18INO. The molecule has 0 aliphatic carbocycles. The molecule has 1 atom stereocenters. The second-order valence-corrected chi connectivity index (χ2v) is 6.11. The van der Waals surface area contributed by atoms with E-state index in [4.69, 9.17) is 0 Å². The van der Waals surface area contributed by atoms with Crippen LogP contribution < -0.4 is 5.32 Å². The summed E-state index contributed by atoms with van der Waals surface area (Å²) in [6.07, 6.45) is 1.05. The molecule has 0 bridgehead atoms. The van der Waals surface area contributed by atoms with Crippen LogP contribution >= 0.6 is 22.6 Å². The van der Waals surface area contributed by atoms with Crippen LogP contribution in [0.5, 0.6) is 0 Å². The molecule has 20 heavy (non-hydrogen) atoms. The quantitative estimate of drug-likeness (QED) is 0.740. The number of amides is 1. The smallest absolute Gasteiger partial charge is 0.255 e. The maximum Gasteiger partial charge on any atom is 0.255 e. The van der Waals surface area contributed by atoms with Crippen LogP contribution in [0.2, 0.25) is 0 Å². The lowest BCUT2D eigenvalue weighted by atomic mass is 9.97. The zero-order valence-corrected chi connectivity index (χ0v) is 13.8. The van der Waals surface area contributed by atoms with Gasteiger partial charge in [-0.1, -0.05) is 38.1 Å². The summed E-state index contributed by atoms with van der Waals surface area (Å²) in [7, 11) is 0. The van der Waals surface area contributed by atoms with Gasteiger partial charge in [-0.3, -0.25) is 4.79 Å². The Morgan fingerprint density at radius 2 is 1.95 bits per heavy atom. The molecule has 0 aliphatic heterocycles. The number of nitrogens with one attached hydrogen (secondary N) is 1. The van der Waals surface area contributed by atoms with E-state index >= 15 is 0 Å². The summed E-state index contributed by atoms with van der Waals surface area (Å²) >= 11 is 2.21. The largest absolute Gasteiger partial charge is 0.322 e. The van der Waals surface area contributed by atoms with Crippen molar-refractivity contribution in [1.29, 1.82) is 0 Å². The third-order valence-electron chi connectivity index (χ3n) is 3.44. The van der Waals surface area contributed by atoms with Crippen molar-refractivity contribution in [3.63, 3.8) is 0 Å². The maximum atomic E-state index is 12.3. The topological polar surface area (TPSA) is 29.1 Å². The highest BCUT2D eigenvalue weighted by Gasteiger charge is 2.12. The lowest BCUT2D eigenvalue weighted by Crippen LogP contribution is -2.14. The normalized spacial score (nSPS) is 11.9. The Bertz CT molecular complexity index is 609. The number of carbonyl (C=O) groups excluding carboxylic acids is 1. The first-order chi connectivity index (χ1) is 9.61. The Balaban J connectivity index is 2.24. The second kappa shape index (κ2) is 6.88. The summed E-state index contributed by atoms with van der Waals surface area (Å²) in [5.74, 6) is 0.377. The molecule has 0 fully saturated rings. The van der Waals surface area contributed by atoms with Crippen LogP contribution in [0.15, 0.2) is 48.5 Å². The van der Waals surface area contributed by atoms with Gasteiger partial charge in [0.25, 0.3) is 5.91 Å². The zero-order valence-electron chi connectivity index (χ0n) is 11.7. The standard InChI is InChI=1S/C17H18INO/c1-3-12(2)15-9-4-5-10-16(15)19-17(20)13-7-6-8-14(18)11-13/h4-12H,3H2,1-2H3,(H,19,20). The summed E-state index contributed by atoms with van der Waals surface area (Å²) in [4.78, 5) is 12.3. The van der Waals surface area contributed by atoms with E-state index in [2.05, 4.69) is 47.8 Å². The SMILES string of the molecule is CCC(C)c1ccccc1NC(=O)c1cccc(I)c1. The Labute approximate surface area is 133 Å². The molecule has 1 unspecified atom stereocenters. The Hall–Kier alpha value is -1.36. The van der Waals surface area contributed by atoms with E-state index in [1.807, 2.05) is 42.5 Å². The summed E-state index contributed by atoms with van der Waals surface area (Å²) in [5.41, 5.74) is 2.79. The summed E-state index contributed by atoms with van der Waals surface area (Å²) in [6, 6.07) is 15.6. The Morgan fingerprint density at radius 1 is 1.20 bits per heavy atom. The highest BCUT2D eigenvalue weighted by atomic mass is 127. The van der Waals surface area contributed by atoms with Gasteiger partial charge < -0.3 is 5.32 Å². The van der Waals surface area contributed by atoms with Gasteiger partial charge in [-0.2, -0.15) is 0 Å². The average Bonchev–Trinajstić information content (AvgIpc) is 2.47. The molecule has 0 saturated heterocycles. The molecule has 0 spiro atoms. The number of carbonyl (C=O) groups is 1. The first-order valence-corrected chi connectivity index (χ1v) is 7.85.